The number of ether oxygens (including phenoxy) is 2. The molecule has 0 aliphatic carbocycles. The van der Waals surface area contributed by atoms with E-state index in [0.717, 1.165) is 25.9 Å². The van der Waals surface area contributed by atoms with Crippen LogP contribution in [0.1, 0.15) is 32.6 Å². The fourth-order valence-electron chi connectivity index (χ4n) is 3.01. The van der Waals surface area contributed by atoms with E-state index in [9.17, 15) is 9.59 Å². The fraction of sp³-hybridized carbons (Fsp3) is 0.867. The summed E-state index contributed by atoms with van der Waals surface area (Å²) in [6.45, 7) is 5.19. The van der Waals surface area contributed by atoms with Crippen molar-refractivity contribution in [2.75, 3.05) is 39.9 Å². The molecule has 120 valence electrons. The van der Waals surface area contributed by atoms with E-state index in [1.165, 1.54) is 20.0 Å². The zero-order valence-electron chi connectivity index (χ0n) is 13.0. The van der Waals surface area contributed by atoms with Crippen LogP contribution in [0.3, 0.4) is 0 Å². The molecule has 2 heterocycles. The zero-order valence-corrected chi connectivity index (χ0v) is 13.0. The molecule has 6 nitrogen and oxygen atoms in total. The second-order valence-corrected chi connectivity index (χ2v) is 5.79. The van der Waals surface area contributed by atoms with Crippen LogP contribution < -0.4 is 0 Å². The fourth-order valence-corrected chi connectivity index (χ4v) is 3.01. The third-order valence-electron chi connectivity index (χ3n) is 4.38. The highest BCUT2D eigenvalue weighted by Gasteiger charge is 2.33. The molecule has 0 N–H and O–H groups in total. The predicted molar refractivity (Wildman–Crippen MR) is 77.8 cm³/mol. The summed E-state index contributed by atoms with van der Waals surface area (Å²) in [6, 6.07) is -0.209. The van der Waals surface area contributed by atoms with E-state index in [0.29, 0.717) is 19.7 Å². The van der Waals surface area contributed by atoms with Crippen LogP contribution >= 0.6 is 0 Å². The van der Waals surface area contributed by atoms with Crippen LogP contribution in [-0.4, -0.2) is 73.7 Å². The van der Waals surface area contributed by atoms with Gasteiger partial charge in [-0.3, -0.25) is 9.69 Å². The van der Waals surface area contributed by atoms with Crippen LogP contribution in [-0.2, 0) is 19.1 Å². The molecular weight excluding hydrogens is 272 g/mol. The lowest BCUT2D eigenvalue weighted by Crippen LogP contribution is -2.54. The standard InChI is InChI=1S/C15H26N2O4/c1-12(14(18)16-7-5-3-4-6-8-16)17-9-10-21-13(11-17)15(19)20-2/h12-13H,3-11H2,1-2H3. The van der Waals surface area contributed by atoms with Gasteiger partial charge in [-0.1, -0.05) is 12.8 Å². The summed E-state index contributed by atoms with van der Waals surface area (Å²) in [5.41, 5.74) is 0. The Kier molecular flexibility index (Phi) is 5.99. The Morgan fingerprint density at radius 2 is 1.81 bits per heavy atom. The highest BCUT2D eigenvalue weighted by molar-refractivity contribution is 5.82. The number of hydrogen-bond acceptors (Lipinski definition) is 5. The number of rotatable bonds is 3. The molecule has 0 aromatic heterocycles. The summed E-state index contributed by atoms with van der Waals surface area (Å²) in [4.78, 5) is 28.2. The van der Waals surface area contributed by atoms with Crippen LogP contribution in [0.2, 0.25) is 0 Å². The maximum atomic E-state index is 12.6. The number of nitrogens with zero attached hydrogens (tertiary/aromatic N) is 2. The van der Waals surface area contributed by atoms with E-state index in [1.807, 2.05) is 16.7 Å². The van der Waals surface area contributed by atoms with Gasteiger partial charge in [0.25, 0.3) is 0 Å². The van der Waals surface area contributed by atoms with Crippen molar-refractivity contribution >= 4 is 11.9 Å². The Hall–Kier alpha value is -1.14. The lowest BCUT2D eigenvalue weighted by Gasteiger charge is -2.36. The molecule has 0 aromatic rings. The van der Waals surface area contributed by atoms with Gasteiger partial charge in [-0.15, -0.1) is 0 Å². The number of amides is 1. The number of morpholine rings is 1. The highest BCUT2D eigenvalue weighted by atomic mass is 16.6. The molecule has 2 fully saturated rings. The molecular formula is C15H26N2O4. The third kappa shape index (κ3) is 4.17. The Balaban J connectivity index is 1.92. The second kappa shape index (κ2) is 7.75. The first-order valence-electron chi connectivity index (χ1n) is 7.85. The molecule has 2 saturated heterocycles. The molecule has 0 saturated carbocycles. The van der Waals surface area contributed by atoms with E-state index in [-0.39, 0.29) is 17.9 Å². The van der Waals surface area contributed by atoms with Crippen LogP contribution in [0.5, 0.6) is 0 Å². The monoisotopic (exact) mass is 298 g/mol. The molecule has 2 rings (SSSR count). The molecule has 2 unspecified atom stereocenters. The van der Waals surface area contributed by atoms with Gasteiger partial charge in [-0.25, -0.2) is 4.79 Å². The molecule has 2 atom stereocenters. The minimum Gasteiger partial charge on any atom is -0.467 e. The summed E-state index contributed by atoms with van der Waals surface area (Å²) in [5.74, 6) is -0.198. The van der Waals surface area contributed by atoms with Gasteiger partial charge in [0, 0.05) is 26.2 Å². The molecule has 21 heavy (non-hydrogen) atoms. The summed E-state index contributed by atoms with van der Waals surface area (Å²) in [5, 5.41) is 0. The van der Waals surface area contributed by atoms with Gasteiger partial charge >= 0.3 is 5.97 Å². The predicted octanol–water partition coefficient (Wildman–Crippen LogP) is 0.651. The van der Waals surface area contributed by atoms with Crippen LogP contribution in [0.25, 0.3) is 0 Å². The first-order chi connectivity index (χ1) is 10.1. The summed E-state index contributed by atoms with van der Waals surface area (Å²) < 4.78 is 10.1. The van der Waals surface area contributed by atoms with Gasteiger partial charge in [-0.05, 0) is 19.8 Å². The molecule has 0 radical (unpaired) electrons. The minimum atomic E-state index is -0.580. The molecule has 0 spiro atoms. The van der Waals surface area contributed by atoms with Gasteiger partial charge < -0.3 is 14.4 Å². The van der Waals surface area contributed by atoms with Crippen LogP contribution in [0, 0.1) is 0 Å². The van der Waals surface area contributed by atoms with Gasteiger partial charge in [-0.2, -0.15) is 0 Å². The molecule has 0 aromatic carbocycles. The average Bonchev–Trinajstić information content (AvgIpc) is 2.82. The normalized spacial score (nSPS) is 26.0. The zero-order chi connectivity index (χ0) is 15.2. The van der Waals surface area contributed by atoms with E-state index < -0.39 is 6.10 Å². The highest BCUT2D eigenvalue weighted by Crippen LogP contribution is 2.15. The number of esters is 1. The third-order valence-corrected chi connectivity index (χ3v) is 4.38. The van der Waals surface area contributed by atoms with E-state index in [2.05, 4.69) is 0 Å². The van der Waals surface area contributed by atoms with Crippen LogP contribution in [0.4, 0.5) is 0 Å². The SMILES string of the molecule is COC(=O)C1CN(C(C)C(=O)N2CCCCCC2)CCO1. The smallest absolute Gasteiger partial charge is 0.336 e. The number of likely N-dealkylation sites (tertiary alicyclic amines) is 1. The van der Waals surface area contributed by atoms with Gasteiger partial charge in [0.15, 0.2) is 6.10 Å². The number of methoxy groups -OCH3 is 1. The van der Waals surface area contributed by atoms with Crippen molar-refractivity contribution in [3.8, 4) is 0 Å². The topological polar surface area (TPSA) is 59.1 Å². The maximum Gasteiger partial charge on any atom is 0.336 e. The molecule has 6 heteroatoms. The quantitative estimate of drug-likeness (QED) is 0.716. The van der Waals surface area contributed by atoms with E-state index >= 15 is 0 Å². The Morgan fingerprint density at radius 3 is 2.43 bits per heavy atom. The van der Waals surface area contributed by atoms with Gasteiger partial charge in [0.2, 0.25) is 5.91 Å². The molecule has 2 aliphatic rings. The summed E-state index contributed by atoms with van der Waals surface area (Å²) in [6.07, 6.45) is 4.02. The van der Waals surface area contributed by atoms with Crippen molar-refractivity contribution in [1.82, 2.24) is 9.80 Å². The lowest BCUT2D eigenvalue weighted by atomic mass is 10.2. The number of carbonyl (C=O) groups is 2. The summed E-state index contributed by atoms with van der Waals surface area (Å²) in [7, 11) is 1.36. The first-order valence-corrected chi connectivity index (χ1v) is 7.85. The van der Waals surface area contributed by atoms with E-state index in [1.54, 1.807) is 0 Å². The van der Waals surface area contributed by atoms with Crippen LogP contribution in [0.15, 0.2) is 0 Å². The van der Waals surface area contributed by atoms with Crippen molar-refractivity contribution in [1.29, 1.82) is 0 Å². The molecule has 0 bridgehead atoms. The summed E-state index contributed by atoms with van der Waals surface area (Å²) >= 11 is 0. The Labute approximate surface area is 126 Å². The van der Waals surface area contributed by atoms with Crippen molar-refractivity contribution in [3.05, 3.63) is 0 Å². The number of carbonyl (C=O) groups excluding carboxylic acids is 2. The molecule has 2 aliphatic heterocycles. The Morgan fingerprint density at radius 1 is 1.14 bits per heavy atom. The molecule has 1 amide bonds. The lowest BCUT2D eigenvalue weighted by molar-refractivity contribution is -0.162. The van der Waals surface area contributed by atoms with Gasteiger partial charge in [0.05, 0.1) is 19.8 Å². The minimum absolute atomic E-state index is 0.169. The van der Waals surface area contributed by atoms with Crippen molar-refractivity contribution in [2.45, 2.75) is 44.8 Å². The Bertz CT molecular complexity index is 367. The van der Waals surface area contributed by atoms with Crippen molar-refractivity contribution in [2.24, 2.45) is 0 Å². The van der Waals surface area contributed by atoms with Crippen molar-refractivity contribution < 1.29 is 19.1 Å². The number of hydrogen-bond donors (Lipinski definition) is 0. The largest absolute Gasteiger partial charge is 0.467 e. The van der Waals surface area contributed by atoms with Gasteiger partial charge in [0.1, 0.15) is 0 Å². The first kappa shape index (κ1) is 16.2. The van der Waals surface area contributed by atoms with Crippen molar-refractivity contribution in [3.63, 3.8) is 0 Å². The second-order valence-electron chi connectivity index (χ2n) is 5.79. The average molecular weight is 298 g/mol. The maximum absolute atomic E-state index is 12.6. The van der Waals surface area contributed by atoms with E-state index in [4.69, 9.17) is 9.47 Å².